The lowest BCUT2D eigenvalue weighted by atomic mass is 9.92. The van der Waals surface area contributed by atoms with Crippen molar-refractivity contribution in [3.05, 3.63) is 98.8 Å². The predicted molar refractivity (Wildman–Crippen MR) is 142 cm³/mol. The highest BCUT2D eigenvalue weighted by Crippen LogP contribution is 2.44. The molecule has 9 heteroatoms. The fourth-order valence-corrected chi connectivity index (χ4v) is 5.54. The van der Waals surface area contributed by atoms with E-state index in [9.17, 15) is 27.9 Å². The lowest BCUT2D eigenvalue weighted by molar-refractivity contribution is -0.140. The summed E-state index contributed by atoms with van der Waals surface area (Å²) in [6, 6.07) is 17.0. The van der Waals surface area contributed by atoms with Gasteiger partial charge < -0.3 is 10.0 Å². The molecule has 2 heterocycles. The molecular formula is C29H24ClF3N2O3. The number of carboxylic acids is 1. The number of benzene rings is 3. The molecule has 1 atom stereocenters. The van der Waals surface area contributed by atoms with Gasteiger partial charge in [0.15, 0.2) is 6.04 Å². The van der Waals surface area contributed by atoms with E-state index in [0.717, 1.165) is 33.0 Å². The van der Waals surface area contributed by atoms with E-state index in [0.29, 0.717) is 24.1 Å². The first-order chi connectivity index (χ1) is 18.1. The van der Waals surface area contributed by atoms with Crippen LogP contribution in [0.15, 0.2) is 71.5 Å². The van der Waals surface area contributed by atoms with Crippen LogP contribution < -0.4 is 10.5 Å². The zero-order valence-corrected chi connectivity index (χ0v) is 21.2. The van der Waals surface area contributed by atoms with E-state index in [2.05, 4.69) is 0 Å². The van der Waals surface area contributed by atoms with Gasteiger partial charge in [0.1, 0.15) is 10.8 Å². The Morgan fingerprint density at radius 2 is 1.79 bits per heavy atom. The van der Waals surface area contributed by atoms with Crippen molar-refractivity contribution in [3.63, 3.8) is 0 Å². The van der Waals surface area contributed by atoms with Gasteiger partial charge in [-0.2, -0.15) is 13.2 Å². The van der Waals surface area contributed by atoms with Crippen LogP contribution in [0.3, 0.4) is 0 Å². The number of fused-ring (bicyclic) bond motifs is 2. The van der Waals surface area contributed by atoms with E-state index in [-0.39, 0.29) is 29.4 Å². The minimum atomic E-state index is -4.59. The van der Waals surface area contributed by atoms with Crippen molar-refractivity contribution < 1.29 is 23.1 Å². The molecule has 1 unspecified atom stereocenters. The summed E-state index contributed by atoms with van der Waals surface area (Å²) in [5.74, 6) is -0.928. The summed E-state index contributed by atoms with van der Waals surface area (Å²) in [6.45, 7) is 2.34. The average Bonchev–Trinajstić information content (AvgIpc) is 3.26. The van der Waals surface area contributed by atoms with Gasteiger partial charge in [-0.25, -0.2) is 4.79 Å². The molecule has 0 radical (unpaired) electrons. The highest BCUT2D eigenvalue weighted by Gasteiger charge is 2.39. The van der Waals surface area contributed by atoms with Crippen LogP contribution in [0.5, 0.6) is 0 Å². The topological polar surface area (TPSA) is 62.5 Å². The van der Waals surface area contributed by atoms with Crippen molar-refractivity contribution >= 4 is 34.2 Å². The largest absolute Gasteiger partial charge is 0.480 e. The molecule has 196 valence electrons. The number of hydrogen-bond acceptors (Lipinski definition) is 3. The summed E-state index contributed by atoms with van der Waals surface area (Å²) in [5, 5.41) is 11.6. The zero-order chi connectivity index (χ0) is 27.2. The number of alkyl halides is 3. The van der Waals surface area contributed by atoms with Crippen LogP contribution in [-0.4, -0.2) is 28.7 Å². The first kappa shape index (κ1) is 25.9. The number of aromatic nitrogens is 1. The van der Waals surface area contributed by atoms with E-state index in [1.807, 2.05) is 49.4 Å². The summed E-state index contributed by atoms with van der Waals surface area (Å²) in [6.07, 6.45) is -3.77. The van der Waals surface area contributed by atoms with Gasteiger partial charge in [-0.3, -0.25) is 9.36 Å². The molecule has 5 nitrogen and oxygen atoms in total. The van der Waals surface area contributed by atoms with Crippen molar-refractivity contribution in [2.75, 3.05) is 18.0 Å². The van der Waals surface area contributed by atoms with Crippen LogP contribution in [0.4, 0.5) is 19.0 Å². The molecular weight excluding hydrogens is 517 g/mol. The Bertz CT molecular complexity index is 1610. The number of aliphatic carboxylic acids is 1. The number of rotatable bonds is 6. The van der Waals surface area contributed by atoms with Crippen LogP contribution in [0.2, 0.25) is 5.02 Å². The Morgan fingerprint density at radius 1 is 1.08 bits per heavy atom. The maximum absolute atomic E-state index is 13.7. The average molecular weight is 541 g/mol. The van der Waals surface area contributed by atoms with Crippen molar-refractivity contribution in [2.45, 2.75) is 32.0 Å². The second kappa shape index (κ2) is 9.83. The highest BCUT2D eigenvalue weighted by atomic mass is 35.5. The first-order valence-electron chi connectivity index (χ1n) is 12.2. The molecule has 1 N–H and O–H groups in total. The Labute approximate surface area is 221 Å². The Balaban J connectivity index is 1.85. The fourth-order valence-electron chi connectivity index (χ4n) is 5.29. The van der Waals surface area contributed by atoms with Crippen LogP contribution in [-0.2, 0) is 17.4 Å². The summed E-state index contributed by atoms with van der Waals surface area (Å²) < 4.78 is 42.3. The molecule has 0 fully saturated rings. The summed E-state index contributed by atoms with van der Waals surface area (Å²) in [4.78, 5) is 27.5. The fraction of sp³-hybridized carbons (Fsp3) is 0.241. The maximum atomic E-state index is 13.7. The van der Waals surface area contributed by atoms with Gasteiger partial charge in [-0.1, -0.05) is 73.1 Å². The van der Waals surface area contributed by atoms with Crippen LogP contribution in [0, 0.1) is 0 Å². The molecule has 0 saturated heterocycles. The monoisotopic (exact) mass is 540 g/mol. The summed E-state index contributed by atoms with van der Waals surface area (Å²) in [5.41, 5.74) is 0.252. The number of carboxylic acid groups (broad SMARTS) is 1. The van der Waals surface area contributed by atoms with Crippen molar-refractivity contribution in [1.29, 1.82) is 0 Å². The quantitative estimate of drug-likeness (QED) is 0.292. The number of nitrogens with zero attached hydrogens (tertiary/aromatic N) is 2. The molecule has 1 aromatic heterocycles. The number of anilines is 1. The van der Waals surface area contributed by atoms with Gasteiger partial charge in [-0.05, 0) is 46.0 Å². The van der Waals surface area contributed by atoms with E-state index in [1.54, 1.807) is 4.90 Å². The standard InChI is InChI=1S/C29H24ClF3N2O3/c1-2-13-34-16-23(28(37)38)35-26(34)24(19-10-6-11-20(14-19)29(31,32)33)22(25(30)27(35)36)15-18-9-5-8-17-7-3-4-12-21(17)18/h3-12,14,23H,2,13,15-16H2,1H3,(H,37,38). The first-order valence-corrected chi connectivity index (χ1v) is 12.6. The van der Waals surface area contributed by atoms with E-state index in [1.165, 1.54) is 12.1 Å². The van der Waals surface area contributed by atoms with E-state index >= 15 is 0 Å². The lowest BCUT2D eigenvalue weighted by Gasteiger charge is -2.24. The molecule has 5 rings (SSSR count). The molecule has 38 heavy (non-hydrogen) atoms. The maximum Gasteiger partial charge on any atom is 0.416 e. The number of pyridine rings is 1. The van der Waals surface area contributed by atoms with Gasteiger partial charge >= 0.3 is 12.1 Å². The van der Waals surface area contributed by atoms with E-state index in [4.69, 9.17) is 11.6 Å². The van der Waals surface area contributed by atoms with Crippen molar-refractivity contribution in [3.8, 4) is 11.1 Å². The predicted octanol–water partition coefficient (Wildman–Crippen LogP) is 6.79. The second-order valence-corrected chi connectivity index (χ2v) is 9.74. The Hall–Kier alpha value is -3.78. The van der Waals surface area contributed by atoms with Gasteiger partial charge in [0, 0.05) is 18.5 Å². The molecule has 0 aliphatic carbocycles. The third-order valence-electron chi connectivity index (χ3n) is 6.93. The van der Waals surface area contributed by atoms with Crippen molar-refractivity contribution in [1.82, 2.24) is 4.57 Å². The number of hydrogen-bond donors (Lipinski definition) is 1. The minimum Gasteiger partial charge on any atom is -0.480 e. The highest BCUT2D eigenvalue weighted by molar-refractivity contribution is 6.32. The van der Waals surface area contributed by atoms with Gasteiger partial charge in [0.2, 0.25) is 0 Å². The third kappa shape index (κ3) is 4.43. The van der Waals surface area contributed by atoms with Gasteiger partial charge in [0.25, 0.3) is 5.56 Å². The molecule has 0 saturated carbocycles. The molecule has 0 spiro atoms. The summed E-state index contributed by atoms with van der Waals surface area (Å²) in [7, 11) is 0. The van der Waals surface area contributed by atoms with Crippen LogP contribution in [0.1, 0.15) is 36.1 Å². The smallest absolute Gasteiger partial charge is 0.416 e. The molecule has 1 aliphatic heterocycles. The van der Waals surface area contributed by atoms with Crippen molar-refractivity contribution in [2.24, 2.45) is 0 Å². The van der Waals surface area contributed by atoms with Gasteiger partial charge in [0.05, 0.1) is 12.1 Å². The lowest BCUT2D eigenvalue weighted by Crippen LogP contribution is -2.29. The number of carbonyl (C=O) groups is 1. The molecule has 0 amide bonds. The van der Waals surface area contributed by atoms with Crippen LogP contribution in [0.25, 0.3) is 21.9 Å². The third-order valence-corrected chi connectivity index (χ3v) is 7.32. The molecule has 1 aliphatic rings. The molecule has 0 bridgehead atoms. The van der Waals surface area contributed by atoms with E-state index < -0.39 is 29.3 Å². The zero-order valence-electron chi connectivity index (χ0n) is 20.4. The second-order valence-electron chi connectivity index (χ2n) is 9.36. The molecule has 4 aromatic rings. The molecule has 3 aromatic carbocycles. The Kier molecular flexibility index (Phi) is 6.69. The summed E-state index contributed by atoms with van der Waals surface area (Å²) >= 11 is 6.69. The van der Waals surface area contributed by atoms with Gasteiger partial charge in [-0.15, -0.1) is 0 Å². The minimum absolute atomic E-state index is 0.0123. The normalized spacial score (nSPS) is 15.2. The van der Waals surface area contributed by atoms with Crippen LogP contribution >= 0.6 is 11.6 Å². The Morgan fingerprint density at radius 3 is 2.50 bits per heavy atom. The SMILES string of the molecule is CCCN1CC(C(=O)O)n2c1c(-c1cccc(C(F)(F)F)c1)c(Cc1cccc3ccccc13)c(Cl)c2=O. The number of halogens is 4.